The number of hydrogen-bond donors (Lipinski definition) is 1. The summed E-state index contributed by atoms with van der Waals surface area (Å²) in [5, 5.41) is 2.78. The van der Waals surface area contributed by atoms with Crippen molar-refractivity contribution in [2.45, 2.75) is 13.0 Å². The third-order valence-electron chi connectivity index (χ3n) is 2.65. The van der Waals surface area contributed by atoms with Crippen LogP contribution in [0.15, 0.2) is 48.8 Å². The molecule has 0 spiro atoms. The van der Waals surface area contributed by atoms with Crippen molar-refractivity contribution in [2.75, 3.05) is 0 Å². The molecule has 1 N–H and O–H groups in total. The number of pyridine rings is 1. The molecule has 0 saturated heterocycles. The van der Waals surface area contributed by atoms with Gasteiger partial charge in [0.05, 0.1) is 6.42 Å². The zero-order valence-corrected chi connectivity index (χ0v) is 10.3. The first-order valence-electron chi connectivity index (χ1n) is 5.98. The molecule has 0 aliphatic rings. The van der Waals surface area contributed by atoms with Crippen LogP contribution >= 0.6 is 0 Å². The molecule has 1 aromatic carbocycles. The van der Waals surface area contributed by atoms with E-state index in [4.69, 9.17) is 0 Å². The second kappa shape index (κ2) is 6.64. The Hall–Kier alpha value is -2.23. The number of amides is 1. The van der Waals surface area contributed by atoms with Gasteiger partial charge in [-0.05, 0) is 41.8 Å². The van der Waals surface area contributed by atoms with E-state index in [1.165, 1.54) is 12.1 Å². The van der Waals surface area contributed by atoms with E-state index >= 15 is 0 Å². The third kappa shape index (κ3) is 4.50. The summed E-state index contributed by atoms with van der Waals surface area (Å²) < 4.78 is 12.7. The summed E-state index contributed by atoms with van der Waals surface area (Å²) in [7, 11) is 0. The fraction of sp³-hybridized carbons (Fsp3) is 0.133. The highest BCUT2D eigenvalue weighted by Crippen LogP contribution is 2.05. The Bertz CT molecular complexity index is 526. The molecule has 0 aliphatic heterocycles. The maximum absolute atomic E-state index is 12.7. The second-order valence-electron chi connectivity index (χ2n) is 4.11. The molecule has 4 heteroatoms. The molecule has 0 aliphatic carbocycles. The van der Waals surface area contributed by atoms with Crippen LogP contribution in [-0.4, -0.2) is 10.9 Å². The monoisotopic (exact) mass is 257 g/mol. The van der Waals surface area contributed by atoms with Crippen molar-refractivity contribution in [1.82, 2.24) is 10.3 Å². The average molecular weight is 257 g/mol. The van der Waals surface area contributed by atoms with Crippen molar-refractivity contribution in [3.63, 3.8) is 0 Å². The summed E-state index contributed by atoms with van der Waals surface area (Å²) in [4.78, 5) is 15.5. The van der Waals surface area contributed by atoms with Crippen LogP contribution in [0, 0.1) is 12.2 Å². The van der Waals surface area contributed by atoms with Gasteiger partial charge in [0.25, 0.3) is 0 Å². The number of carbonyl (C=O) groups is 1. The molecule has 1 radical (unpaired) electrons. The Morgan fingerprint density at radius 1 is 1.11 bits per heavy atom. The van der Waals surface area contributed by atoms with Crippen LogP contribution in [-0.2, 0) is 17.8 Å². The molecule has 1 heterocycles. The average Bonchev–Trinajstić information content (AvgIpc) is 2.45. The molecule has 0 saturated carbocycles. The van der Waals surface area contributed by atoms with Gasteiger partial charge in [-0.25, -0.2) is 4.39 Å². The van der Waals surface area contributed by atoms with E-state index in [9.17, 15) is 9.18 Å². The Balaban J connectivity index is 1.74. The zero-order chi connectivity index (χ0) is 13.5. The van der Waals surface area contributed by atoms with E-state index < -0.39 is 0 Å². The Kier molecular flexibility index (Phi) is 4.61. The predicted molar refractivity (Wildman–Crippen MR) is 70.5 cm³/mol. The molecular weight excluding hydrogens is 243 g/mol. The zero-order valence-electron chi connectivity index (χ0n) is 10.3. The quantitative estimate of drug-likeness (QED) is 0.893. The molecule has 0 unspecified atom stereocenters. The normalized spacial score (nSPS) is 10.2. The molecule has 97 valence electrons. The predicted octanol–water partition coefficient (Wildman–Crippen LogP) is 2.28. The second-order valence-corrected chi connectivity index (χ2v) is 4.11. The minimum absolute atomic E-state index is 0.138. The van der Waals surface area contributed by atoms with Crippen LogP contribution < -0.4 is 5.32 Å². The van der Waals surface area contributed by atoms with Gasteiger partial charge >= 0.3 is 0 Å². The summed E-state index contributed by atoms with van der Waals surface area (Å²) in [6.45, 7) is 0.473. The summed E-state index contributed by atoms with van der Waals surface area (Å²) in [5.41, 5.74) is 1.90. The number of halogens is 1. The van der Waals surface area contributed by atoms with Crippen molar-refractivity contribution >= 4 is 5.91 Å². The molecule has 0 atom stereocenters. The summed E-state index contributed by atoms with van der Waals surface area (Å²) in [6.07, 6.45) is 5.41. The summed E-state index contributed by atoms with van der Waals surface area (Å²) in [6, 6.07) is 9.81. The van der Waals surface area contributed by atoms with Crippen LogP contribution in [0.4, 0.5) is 4.39 Å². The fourth-order valence-electron chi connectivity index (χ4n) is 1.59. The van der Waals surface area contributed by atoms with Crippen LogP contribution in [0.1, 0.15) is 11.1 Å². The number of nitrogens with zero attached hydrogens (tertiary/aromatic N) is 1. The summed E-state index contributed by atoms with van der Waals surface area (Å²) >= 11 is 0. The standard InChI is InChI=1S/C15H14FN2O/c16-14-4-1-12(2-5-14)3-6-15(19)18-11-13-7-9-17-10-8-13/h1-2,4-10H,3,11H2,(H,18,19). The minimum atomic E-state index is -0.272. The van der Waals surface area contributed by atoms with Crippen LogP contribution in [0.5, 0.6) is 0 Å². The lowest BCUT2D eigenvalue weighted by molar-refractivity contribution is -0.118. The van der Waals surface area contributed by atoms with Gasteiger partial charge in [0, 0.05) is 18.9 Å². The first-order valence-corrected chi connectivity index (χ1v) is 5.98. The maximum Gasteiger partial charge on any atom is 0.224 e. The molecule has 2 aromatic rings. The summed E-state index contributed by atoms with van der Waals surface area (Å²) in [5.74, 6) is -0.410. The number of hydrogen-bond acceptors (Lipinski definition) is 2. The molecule has 1 amide bonds. The van der Waals surface area contributed by atoms with Crippen molar-refractivity contribution in [3.05, 3.63) is 72.2 Å². The molecule has 2 rings (SSSR count). The van der Waals surface area contributed by atoms with Gasteiger partial charge in [0.1, 0.15) is 5.82 Å². The van der Waals surface area contributed by atoms with Gasteiger partial charge in [0.2, 0.25) is 5.91 Å². The number of aromatic nitrogens is 1. The third-order valence-corrected chi connectivity index (χ3v) is 2.65. The Morgan fingerprint density at radius 2 is 1.79 bits per heavy atom. The molecule has 0 bridgehead atoms. The number of carbonyl (C=O) groups excluding carboxylic acids is 1. The van der Waals surface area contributed by atoms with Gasteiger partial charge in [-0.15, -0.1) is 0 Å². The smallest absolute Gasteiger partial charge is 0.224 e. The van der Waals surface area contributed by atoms with Crippen LogP contribution in [0.25, 0.3) is 0 Å². The van der Waals surface area contributed by atoms with Crippen LogP contribution in [0.2, 0.25) is 0 Å². The molecule has 0 fully saturated rings. The number of nitrogens with one attached hydrogen (secondary N) is 1. The van der Waals surface area contributed by atoms with E-state index in [0.717, 1.165) is 11.1 Å². The van der Waals surface area contributed by atoms with Crippen molar-refractivity contribution in [2.24, 2.45) is 0 Å². The Morgan fingerprint density at radius 3 is 2.47 bits per heavy atom. The molecule has 19 heavy (non-hydrogen) atoms. The van der Waals surface area contributed by atoms with Crippen LogP contribution in [0.3, 0.4) is 0 Å². The van der Waals surface area contributed by atoms with E-state index in [2.05, 4.69) is 10.3 Å². The van der Waals surface area contributed by atoms with Gasteiger partial charge in [-0.1, -0.05) is 12.1 Å². The van der Waals surface area contributed by atoms with E-state index in [0.29, 0.717) is 13.0 Å². The van der Waals surface area contributed by atoms with Crippen molar-refractivity contribution in [1.29, 1.82) is 0 Å². The molecule has 3 nitrogen and oxygen atoms in total. The fourth-order valence-corrected chi connectivity index (χ4v) is 1.59. The Labute approximate surface area is 111 Å². The van der Waals surface area contributed by atoms with E-state index in [1.54, 1.807) is 30.9 Å². The highest BCUT2D eigenvalue weighted by Gasteiger charge is 2.03. The van der Waals surface area contributed by atoms with Gasteiger partial charge in [-0.2, -0.15) is 0 Å². The topological polar surface area (TPSA) is 42.0 Å². The lowest BCUT2D eigenvalue weighted by atomic mass is 10.1. The molecule has 1 aromatic heterocycles. The lowest BCUT2D eigenvalue weighted by Crippen LogP contribution is -2.23. The highest BCUT2D eigenvalue weighted by atomic mass is 19.1. The SMILES string of the molecule is O=C([CH]Cc1ccc(F)cc1)NCc1ccncc1. The largest absolute Gasteiger partial charge is 0.352 e. The lowest BCUT2D eigenvalue weighted by Gasteiger charge is -2.05. The van der Waals surface area contributed by atoms with Gasteiger partial charge in [-0.3, -0.25) is 9.78 Å². The van der Waals surface area contributed by atoms with Gasteiger partial charge in [0.15, 0.2) is 0 Å². The first-order chi connectivity index (χ1) is 9.24. The van der Waals surface area contributed by atoms with E-state index in [-0.39, 0.29) is 11.7 Å². The van der Waals surface area contributed by atoms with Crippen molar-refractivity contribution < 1.29 is 9.18 Å². The number of rotatable bonds is 5. The molecular formula is C15H14FN2O. The van der Waals surface area contributed by atoms with E-state index in [1.807, 2.05) is 12.1 Å². The van der Waals surface area contributed by atoms with Gasteiger partial charge < -0.3 is 5.32 Å². The number of benzene rings is 1. The highest BCUT2D eigenvalue weighted by molar-refractivity contribution is 5.84. The minimum Gasteiger partial charge on any atom is -0.352 e. The first kappa shape index (κ1) is 13.2. The maximum atomic E-state index is 12.7. The van der Waals surface area contributed by atoms with Crippen molar-refractivity contribution in [3.8, 4) is 0 Å².